The molecule has 0 bridgehead atoms. The topological polar surface area (TPSA) is 69.6 Å². The lowest BCUT2D eigenvalue weighted by Crippen LogP contribution is -2.43. The van der Waals surface area contributed by atoms with Crippen molar-refractivity contribution in [3.63, 3.8) is 0 Å². The lowest BCUT2D eigenvalue weighted by Gasteiger charge is -2.25. The minimum Gasteiger partial charge on any atom is -0.508 e. The number of phenols is 1. The fraction of sp³-hybridized carbons (Fsp3) is 0.556. The molecule has 1 aliphatic carbocycles. The van der Waals surface area contributed by atoms with Crippen LogP contribution in [0.5, 0.6) is 5.75 Å². The van der Waals surface area contributed by atoms with Crippen LogP contribution in [0, 0.1) is 12.8 Å². The second-order valence-corrected chi connectivity index (χ2v) is 6.74. The second kappa shape index (κ2) is 6.60. The van der Waals surface area contributed by atoms with Crippen molar-refractivity contribution >= 4 is 11.8 Å². The zero-order chi connectivity index (χ0) is 16.4. The fourth-order valence-corrected chi connectivity index (χ4v) is 3.17. The van der Waals surface area contributed by atoms with Gasteiger partial charge in [0.05, 0.1) is 0 Å². The summed E-state index contributed by atoms with van der Waals surface area (Å²) in [6.45, 7) is 3.07. The van der Waals surface area contributed by atoms with Crippen LogP contribution < -0.4 is 5.32 Å². The monoisotopic (exact) mass is 316 g/mol. The molecule has 2 aliphatic rings. The number of phenolic OH excluding ortho intramolecular Hbond substituents is 1. The molecule has 1 atom stereocenters. The van der Waals surface area contributed by atoms with Crippen LogP contribution >= 0.6 is 0 Å². The summed E-state index contributed by atoms with van der Waals surface area (Å²) in [5.41, 5.74) is 1.22. The Hall–Kier alpha value is -2.04. The van der Waals surface area contributed by atoms with E-state index in [0.29, 0.717) is 30.0 Å². The van der Waals surface area contributed by atoms with Gasteiger partial charge in [-0.3, -0.25) is 9.59 Å². The van der Waals surface area contributed by atoms with Crippen LogP contribution in [0.3, 0.4) is 0 Å². The summed E-state index contributed by atoms with van der Waals surface area (Å²) in [6, 6.07) is 4.94. The minimum absolute atomic E-state index is 0.114. The van der Waals surface area contributed by atoms with Crippen LogP contribution in [0.4, 0.5) is 0 Å². The van der Waals surface area contributed by atoms with Crippen molar-refractivity contribution in [2.45, 2.75) is 45.1 Å². The minimum atomic E-state index is -0.158. The van der Waals surface area contributed by atoms with E-state index < -0.39 is 0 Å². The Kier molecular flexibility index (Phi) is 4.55. The van der Waals surface area contributed by atoms with E-state index in [4.69, 9.17) is 0 Å². The number of nitrogens with one attached hydrogen (secondary N) is 1. The van der Waals surface area contributed by atoms with E-state index in [0.717, 1.165) is 19.4 Å². The Balaban J connectivity index is 1.54. The van der Waals surface area contributed by atoms with Gasteiger partial charge in [0.1, 0.15) is 5.75 Å². The molecule has 3 rings (SSSR count). The molecule has 23 heavy (non-hydrogen) atoms. The molecule has 2 N–H and O–H groups in total. The van der Waals surface area contributed by atoms with Gasteiger partial charge in [0.2, 0.25) is 5.91 Å². The van der Waals surface area contributed by atoms with Gasteiger partial charge in [0, 0.05) is 31.1 Å². The lowest BCUT2D eigenvalue weighted by atomic mass is 10.1. The summed E-state index contributed by atoms with van der Waals surface area (Å²) >= 11 is 0. The molecule has 2 fully saturated rings. The maximum Gasteiger partial charge on any atom is 0.251 e. The molecule has 5 heteroatoms. The number of carbonyl (C=O) groups is 2. The van der Waals surface area contributed by atoms with Crippen molar-refractivity contribution in [1.82, 2.24) is 10.2 Å². The highest BCUT2D eigenvalue weighted by Crippen LogP contribution is 2.33. The molecule has 1 saturated heterocycles. The summed E-state index contributed by atoms with van der Waals surface area (Å²) in [7, 11) is 0. The van der Waals surface area contributed by atoms with Crippen LogP contribution in [-0.4, -0.2) is 41.0 Å². The molecule has 0 spiro atoms. The molecule has 2 amide bonds. The van der Waals surface area contributed by atoms with Crippen molar-refractivity contribution in [2.75, 3.05) is 13.1 Å². The van der Waals surface area contributed by atoms with E-state index in [-0.39, 0.29) is 23.6 Å². The predicted octanol–water partition coefficient (Wildman–Crippen LogP) is 2.22. The van der Waals surface area contributed by atoms with Crippen LogP contribution in [0.15, 0.2) is 18.2 Å². The number of hydrogen-bond acceptors (Lipinski definition) is 3. The molecule has 1 aromatic rings. The fourth-order valence-electron chi connectivity index (χ4n) is 3.17. The highest BCUT2D eigenvalue weighted by Gasteiger charge is 2.32. The molecule has 1 aliphatic heterocycles. The first kappa shape index (κ1) is 15.8. The quantitative estimate of drug-likeness (QED) is 0.875. The Bertz CT molecular complexity index is 610. The van der Waals surface area contributed by atoms with Crippen molar-refractivity contribution in [3.8, 4) is 5.75 Å². The van der Waals surface area contributed by atoms with Crippen LogP contribution in [0.2, 0.25) is 0 Å². The van der Waals surface area contributed by atoms with Crippen molar-refractivity contribution < 1.29 is 14.7 Å². The highest BCUT2D eigenvalue weighted by atomic mass is 16.3. The third-order valence-electron chi connectivity index (χ3n) is 4.81. The number of rotatable bonds is 5. The summed E-state index contributed by atoms with van der Waals surface area (Å²) < 4.78 is 0. The number of benzene rings is 1. The SMILES string of the molecule is Cc1cc(C(=O)NC[C@@H]2CCCN2C(=O)CC2CC2)ccc1O. The van der Waals surface area contributed by atoms with E-state index in [1.165, 1.54) is 18.9 Å². The molecule has 124 valence electrons. The smallest absolute Gasteiger partial charge is 0.251 e. The Morgan fingerprint density at radius 3 is 2.78 bits per heavy atom. The van der Waals surface area contributed by atoms with E-state index in [1.807, 2.05) is 4.90 Å². The number of nitrogens with zero attached hydrogens (tertiary/aromatic N) is 1. The number of aromatic hydroxyl groups is 1. The molecule has 5 nitrogen and oxygen atoms in total. The summed E-state index contributed by atoms with van der Waals surface area (Å²) in [5.74, 6) is 0.867. The van der Waals surface area contributed by atoms with Crippen molar-refractivity contribution in [3.05, 3.63) is 29.3 Å². The molecule has 0 radical (unpaired) electrons. The zero-order valence-corrected chi connectivity index (χ0v) is 13.5. The Labute approximate surface area is 136 Å². The molecule has 0 unspecified atom stereocenters. The lowest BCUT2D eigenvalue weighted by molar-refractivity contribution is -0.132. The molecular weight excluding hydrogens is 292 g/mol. The maximum absolute atomic E-state index is 12.3. The molecular formula is C18H24N2O3. The van der Waals surface area contributed by atoms with Gasteiger partial charge in [-0.2, -0.15) is 0 Å². The first-order valence-corrected chi connectivity index (χ1v) is 8.42. The highest BCUT2D eigenvalue weighted by molar-refractivity contribution is 5.94. The van der Waals surface area contributed by atoms with Gasteiger partial charge in [-0.1, -0.05) is 0 Å². The van der Waals surface area contributed by atoms with E-state index >= 15 is 0 Å². The van der Waals surface area contributed by atoms with E-state index in [2.05, 4.69) is 5.32 Å². The number of carbonyl (C=O) groups excluding carboxylic acids is 2. The van der Waals surface area contributed by atoms with Gasteiger partial charge in [-0.05, 0) is 62.3 Å². The molecule has 1 aromatic carbocycles. The summed E-state index contributed by atoms with van der Waals surface area (Å²) in [4.78, 5) is 26.5. The van der Waals surface area contributed by atoms with Crippen LogP contribution in [0.25, 0.3) is 0 Å². The van der Waals surface area contributed by atoms with Gasteiger partial charge >= 0.3 is 0 Å². The van der Waals surface area contributed by atoms with E-state index in [9.17, 15) is 14.7 Å². The van der Waals surface area contributed by atoms with Crippen molar-refractivity contribution in [2.24, 2.45) is 5.92 Å². The number of amides is 2. The first-order valence-electron chi connectivity index (χ1n) is 8.42. The third-order valence-corrected chi connectivity index (χ3v) is 4.81. The second-order valence-electron chi connectivity index (χ2n) is 6.74. The van der Waals surface area contributed by atoms with Gasteiger partial charge in [0.25, 0.3) is 5.91 Å². The summed E-state index contributed by atoms with van der Waals surface area (Å²) in [5, 5.41) is 12.5. The normalized spacial score (nSPS) is 20.6. The largest absolute Gasteiger partial charge is 0.508 e. The van der Waals surface area contributed by atoms with Crippen LogP contribution in [0.1, 0.15) is 48.0 Å². The molecule has 1 saturated carbocycles. The predicted molar refractivity (Wildman–Crippen MR) is 87.3 cm³/mol. The molecule has 0 aromatic heterocycles. The Morgan fingerprint density at radius 1 is 1.30 bits per heavy atom. The first-order chi connectivity index (χ1) is 11.0. The van der Waals surface area contributed by atoms with E-state index in [1.54, 1.807) is 19.1 Å². The van der Waals surface area contributed by atoms with Crippen LogP contribution in [-0.2, 0) is 4.79 Å². The number of aryl methyl sites for hydroxylation is 1. The van der Waals surface area contributed by atoms with Gasteiger partial charge in [-0.25, -0.2) is 0 Å². The van der Waals surface area contributed by atoms with Crippen molar-refractivity contribution in [1.29, 1.82) is 0 Å². The van der Waals surface area contributed by atoms with Gasteiger partial charge < -0.3 is 15.3 Å². The Morgan fingerprint density at radius 2 is 2.09 bits per heavy atom. The average Bonchev–Trinajstić information content (AvgIpc) is 3.21. The average molecular weight is 316 g/mol. The zero-order valence-electron chi connectivity index (χ0n) is 13.5. The number of hydrogen-bond donors (Lipinski definition) is 2. The standard InChI is InChI=1S/C18H24N2O3/c1-12-9-14(6-7-16(12)21)18(23)19-11-15-3-2-8-20(15)17(22)10-13-4-5-13/h6-7,9,13,15,21H,2-5,8,10-11H2,1H3,(H,19,23)/t15-/m0/s1. The number of likely N-dealkylation sites (tertiary alicyclic amines) is 1. The van der Waals surface area contributed by atoms with Gasteiger partial charge in [0.15, 0.2) is 0 Å². The van der Waals surface area contributed by atoms with Gasteiger partial charge in [-0.15, -0.1) is 0 Å². The third kappa shape index (κ3) is 3.84. The molecule has 1 heterocycles. The maximum atomic E-state index is 12.3. The summed E-state index contributed by atoms with van der Waals surface area (Å²) in [6.07, 6.45) is 4.99.